The Morgan fingerprint density at radius 3 is 2.57 bits per heavy atom. The number of aryl methyl sites for hydroxylation is 1. The van der Waals surface area contributed by atoms with E-state index in [4.69, 9.17) is 0 Å². The van der Waals surface area contributed by atoms with E-state index in [9.17, 15) is 0 Å². The number of nitrogens with one attached hydrogen (secondary N) is 1. The zero-order valence-corrected chi connectivity index (χ0v) is 9.30. The number of rotatable bonds is 1. The van der Waals surface area contributed by atoms with Crippen molar-refractivity contribution in [3.63, 3.8) is 0 Å². The van der Waals surface area contributed by atoms with Crippen LogP contribution >= 0.6 is 0 Å². The van der Waals surface area contributed by atoms with Gasteiger partial charge in [-0.05, 0) is 44.9 Å². The van der Waals surface area contributed by atoms with Crippen molar-refractivity contribution in [3.05, 3.63) is 35.4 Å². The van der Waals surface area contributed by atoms with Crippen molar-refractivity contribution in [2.45, 2.75) is 38.6 Å². The van der Waals surface area contributed by atoms with Crippen molar-refractivity contribution in [2.24, 2.45) is 0 Å². The quantitative estimate of drug-likeness (QED) is 0.716. The van der Waals surface area contributed by atoms with Crippen molar-refractivity contribution in [1.82, 2.24) is 5.32 Å². The van der Waals surface area contributed by atoms with Gasteiger partial charge in [0.2, 0.25) is 0 Å². The van der Waals surface area contributed by atoms with Crippen LogP contribution in [0.4, 0.5) is 0 Å². The predicted molar refractivity (Wildman–Crippen MR) is 60.6 cm³/mol. The lowest BCUT2D eigenvalue weighted by Crippen LogP contribution is -2.37. The molecule has 1 nitrogen and oxygen atoms in total. The summed E-state index contributed by atoms with van der Waals surface area (Å²) in [7, 11) is 0. The first-order valence-electron chi connectivity index (χ1n) is 5.42. The van der Waals surface area contributed by atoms with Crippen molar-refractivity contribution >= 4 is 0 Å². The maximum Gasteiger partial charge on any atom is 0.0194 e. The molecule has 0 saturated carbocycles. The molecule has 1 N–H and O–H groups in total. The van der Waals surface area contributed by atoms with Crippen LogP contribution in [0.25, 0.3) is 0 Å². The zero-order chi connectivity index (χ0) is 10.2. The molecule has 1 heteroatoms. The molecule has 1 aromatic rings. The van der Waals surface area contributed by atoms with Gasteiger partial charge >= 0.3 is 0 Å². The Morgan fingerprint density at radius 2 is 2.00 bits per heavy atom. The van der Waals surface area contributed by atoms with E-state index >= 15 is 0 Å². The smallest absolute Gasteiger partial charge is 0.0194 e. The van der Waals surface area contributed by atoms with Crippen LogP contribution in [-0.4, -0.2) is 12.1 Å². The van der Waals surface area contributed by atoms with Crippen LogP contribution in [0, 0.1) is 6.92 Å². The molecule has 0 amide bonds. The van der Waals surface area contributed by atoms with Gasteiger partial charge in [0.15, 0.2) is 0 Å². The molecule has 0 aromatic heterocycles. The molecule has 1 aromatic carbocycles. The molecule has 76 valence electrons. The number of benzene rings is 1. The molecule has 1 saturated heterocycles. The first-order valence-corrected chi connectivity index (χ1v) is 5.42. The third kappa shape index (κ3) is 1.57. The molecule has 0 spiro atoms. The second-order valence-corrected chi connectivity index (χ2v) is 4.85. The van der Waals surface area contributed by atoms with E-state index in [0.29, 0.717) is 5.92 Å². The molecule has 2 rings (SSSR count). The fraction of sp³-hybridized carbons (Fsp3) is 0.538. The van der Waals surface area contributed by atoms with Gasteiger partial charge in [0.25, 0.3) is 0 Å². The minimum atomic E-state index is 0.256. The van der Waals surface area contributed by atoms with E-state index in [1.54, 1.807) is 0 Å². The van der Waals surface area contributed by atoms with Crippen LogP contribution in [0.15, 0.2) is 24.3 Å². The van der Waals surface area contributed by atoms with Crippen LogP contribution in [0.5, 0.6) is 0 Å². The van der Waals surface area contributed by atoms with E-state index in [0.717, 1.165) is 6.54 Å². The monoisotopic (exact) mass is 189 g/mol. The molecule has 0 radical (unpaired) electrons. The summed E-state index contributed by atoms with van der Waals surface area (Å²) in [6.45, 7) is 7.96. The Morgan fingerprint density at radius 1 is 1.29 bits per heavy atom. The van der Waals surface area contributed by atoms with Gasteiger partial charge in [0.05, 0.1) is 0 Å². The van der Waals surface area contributed by atoms with Gasteiger partial charge in [0.1, 0.15) is 0 Å². The second-order valence-electron chi connectivity index (χ2n) is 4.85. The predicted octanol–water partition coefficient (Wildman–Crippen LogP) is 2.85. The van der Waals surface area contributed by atoms with Gasteiger partial charge in [-0.3, -0.25) is 0 Å². The van der Waals surface area contributed by atoms with Gasteiger partial charge in [-0.2, -0.15) is 0 Å². The SMILES string of the molecule is Cc1ccccc1C1CCNC1(C)C. The molecule has 0 bridgehead atoms. The van der Waals surface area contributed by atoms with Gasteiger partial charge in [-0.25, -0.2) is 0 Å². The summed E-state index contributed by atoms with van der Waals surface area (Å²) in [5.41, 5.74) is 3.20. The minimum Gasteiger partial charge on any atom is -0.311 e. The van der Waals surface area contributed by atoms with Crippen LogP contribution < -0.4 is 5.32 Å². The molecular formula is C13H19N. The van der Waals surface area contributed by atoms with Crippen LogP contribution in [-0.2, 0) is 0 Å². The van der Waals surface area contributed by atoms with Gasteiger partial charge < -0.3 is 5.32 Å². The highest BCUT2D eigenvalue weighted by Gasteiger charge is 2.35. The second kappa shape index (κ2) is 3.39. The van der Waals surface area contributed by atoms with Crippen LogP contribution in [0.1, 0.15) is 37.3 Å². The molecule has 1 unspecified atom stereocenters. The molecule has 1 atom stereocenters. The Labute approximate surface area is 86.5 Å². The van der Waals surface area contributed by atoms with Crippen molar-refractivity contribution < 1.29 is 0 Å². The van der Waals surface area contributed by atoms with Gasteiger partial charge in [0, 0.05) is 11.5 Å². The van der Waals surface area contributed by atoms with Crippen LogP contribution in [0.3, 0.4) is 0 Å². The molecule has 1 heterocycles. The molecule has 1 aliphatic rings. The third-order valence-corrected chi connectivity index (χ3v) is 3.45. The summed E-state index contributed by atoms with van der Waals surface area (Å²) in [6.07, 6.45) is 1.26. The number of hydrogen-bond acceptors (Lipinski definition) is 1. The zero-order valence-electron chi connectivity index (χ0n) is 9.30. The maximum atomic E-state index is 3.57. The molecule has 1 fully saturated rings. The normalized spacial score (nSPS) is 25.2. The largest absolute Gasteiger partial charge is 0.311 e. The Hall–Kier alpha value is -0.820. The topological polar surface area (TPSA) is 12.0 Å². The first kappa shape index (κ1) is 9.72. The van der Waals surface area contributed by atoms with Gasteiger partial charge in [-0.1, -0.05) is 24.3 Å². The highest BCUT2D eigenvalue weighted by molar-refractivity contribution is 5.32. The Balaban J connectivity index is 2.36. The summed E-state index contributed by atoms with van der Waals surface area (Å²) >= 11 is 0. The van der Waals surface area contributed by atoms with E-state index in [-0.39, 0.29) is 5.54 Å². The lowest BCUT2D eigenvalue weighted by molar-refractivity contribution is 0.410. The minimum absolute atomic E-state index is 0.256. The molecular weight excluding hydrogens is 170 g/mol. The highest BCUT2D eigenvalue weighted by atomic mass is 15.0. The molecule has 0 aliphatic carbocycles. The van der Waals surface area contributed by atoms with Gasteiger partial charge in [-0.15, -0.1) is 0 Å². The maximum absolute atomic E-state index is 3.57. The van der Waals surface area contributed by atoms with Crippen LogP contribution in [0.2, 0.25) is 0 Å². The summed E-state index contributed by atoms with van der Waals surface area (Å²) < 4.78 is 0. The Kier molecular flexibility index (Phi) is 2.36. The van der Waals surface area contributed by atoms with Crippen molar-refractivity contribution in [3.8, 4) is 0 Å². The lowest BCUT2D eigenvalue weighted by Gasteiger charge is -2.28. The lowest BCUT2D eigenvalue weighted by atomic mass is 9.81. The Bertz CT molecular complexity index is 328. The van der Waals surface area contributed by atoms with E-state index in [1.807, 2.05) is 0 Å². The first-order chi connectivity index (χ1) is 6.61. The average molecular weight is 189 g/mol. The number of hydrogen-bond donors (Lipinski definition) is 1. The third-order valence-electron chi connectivity index (χ3n) is 3.45. The molecule has 14 heavy (non-hydrogen) atoms. The fourth-order valence-corrected chi connectivity index (χ4v) is 2.54. The van der Waals surface area contributed by atoms with E-state index in [1.165, 1.54) is 17.5 Å². The molecule has 1 aliphatic heterocycles. The summed E-state index contributed by atoms with van der Waals surface area (Å²) in [5, 5.41) is 3.57. The standard InChI is InChI=1S/C13H19N/c1-10-6-4-5-7-11(10)12-8-9-14-13(12,2)3/h4-7,12,14H,8-9H2,1-3H3. The van der Waals surface area contributed by atoms with Crippen molar-refractivity contribution in [2.75, 3.05) is 6.54 Å². The fourth-order valence-electron chi connectivity index (χ4n) is 2.54. The highest BCUT2D eigenvalue weighted by Crippen LogP contribution is 2.36. The summed E-state index contributed by atoms with van der Waals surface area (Å²) in [5.74, 6) is 0.670. The summed E-state index contributed by atoms with van der Waals surface area (Å²) in [6, 6.07) is 8.75. The van der Waals surface area contributed by atoms with Crippen molar-refractivity contribution in [1.29, 1.82) is 0 Å². The van der Waals surface area contributed by atoms with E-state index in [2.05, 4.69) is 50.4 Å². The van der Waals surface area contributed by atoms with E-state index < -0.39 is 0 Å². The summed E-state index contributed by atoms with van der Waals surface area (Å²) in [4.78, 5) is 0. The average Bonchev–Trinajstić information content (AvgIpc) is 2.46.